The van der Waals surface area contributed by atoms with Gasteiger partial charge in [-0.1, -0.05) is 49.6 Å². The fraction of sp³-hybridized carbons (Fsp3) is 0.611. The van der Waals surface area contributed by atoms with Crippen LogP contribution in [-0.4, -0.2) is 35.1 Å². The molecule has 1 aromatic rings. The highest BCUT2D eigenvalue weighted by Gasteiger charge is 2.38. The molecule has 1 aromatic carbocycles. The minimum absolute atomic E-state index is 0.265. The Morgan fingerprint density at radius 1 is 1.10 bits per heavy atom. The molecule has 3 rings (SSSR count). The van der Waals surface area contributed by atoms with Gasteiger partial charge in [-0.2, -0.15) is 0 Å². The zero-order chi connectivity index (χ0) is 14.7. The number of carboxylic acid groups (broad SMARTS) is 1. The molecule has 1 N–H and O–H groups in total. The van der Waals surface area contributed by atoms with Gasteiger partial charge in [0.25, 0.3) is 0 Å². The number of nitrogens with zero attached hydrogens (tertiary/aromatic N) is 1. The summed E-state index contributed by atoms with van der Waals surface area (Å²) in [7, 11) is 0. The van der Waals surface area contributed by atoms with Gasteiger partial charge in [-0.3, -0.25) is 9.69 Å². The molecule has 0 bridgehead atoms. The van der Waals surface area contributed by atoms with Gasteiger partial charge in [0.05, 0.1) is 0 Å². The van der Waals surface area contributed by atoms with Crippen LogP contribution in [0.4, 0.5) is 0 Å². The Morgan fingerprint density at radius 2 is 1.81 bits per heavy atom. The van der Waals surface area contributed by atoms with E-state index in [4.69, 9.17) is 0 Å². The molecule has 0 aromatic heterocycles. The number of hydrogen-bond acceptors (Lipinski definition) is 2. The van der Waals surface area contributed by atoms with Crippen molar-refractivity contribution in [2.75, 3.05) is 13.1 Å². The van der Waals surface area contributed by atoms with Crippen LogP contribution in [0.25, 0.3) is 0 Å². The first-order valence-electron chi connectivity index (χ1n) is 8.27. The van der Waals surface area contributed by atoms with Crippen LogP contribution in [0.2, 0.25) is 0 Å². The molecule has 1 saturated heterocycles. The molecule has 1 heterocycles. The molecule has 0 amide bonds. The predicted molar refractivity (Wildman–Crippen MR) is 83.4 cm³/mol. The van der Waals surface area contributed by atoms with Crippen LogP contribution >= 0.6 is 0 Å². The largest absolute Gasteiger partial charge is 0.480 e. The van der Waals surface area contributed by atoms with Gasteiger partial charge in [0.15, 0.2) is 0 Å². The maximum Gasteiger partial charge on any atom is 0.321 e. The van der Waals surface area contributed by atoms with Crippen molar-refractivity contribution in [1.82, 2.24) is 4.90 Å². The second-order valence-electron chi connectivity index (χ2n) is 6.57. The number of carboxylic acids is 1. The average molecular weight is 287 g/mol. The lowest BCUT2D eigenvalue weighted by Gasteiger charge is -2.33. The van der Waals surface area contributed by atoms with E-state index in [0.717, 1.165) is 32.4 Å². The number of rotatable bonds is 4. The van der Waals surface area contributed by atoms with E-state index in [0.29, 0.717) is 11.8 Å². The summed E-state index contributed by atoms with van der Waals surface area (Å²) in [6.45, 7) is 1.82. The monoisotopic (exact) mass is 287 g/mol. The second-order valence-corrected chi connectivity index (χ2v) is 6.57. The summed E-state index contributed by atoms with van der Waals surface area (Å²) in [4.78, 5) is 14.0. The molecular formula is C18H25NO2. The lowest BCUT2D eigenvalue weighted by atomic mass is 9.83. The third-order valence-corrected chi connectivity index (χ3v) is 5.23. The number of carbonyl (C=O) groups is 1. The van der Waals surface area contributed by atoms with E-state index in [2.05, 4.69) is 29.2 Å². The molecule has 1 unspecified atom stereocenters. The first kappa shape index (κ1) is 14.6. The summed E-state index contributed by atoms with van der Waals surface area (Å²) in [5, 5.41) is 9.70. The highest BCUT2D eigenvalue weighted by Crippen LogP contribution is 2.34. The summed E-state index contributed by atoms with van der Waals surface area (Å²) < 4.78 is 0. The van der Waals surface area contributed by atoms with E-state index in [1.807, 2.05) is 6.07 Å². The first-order valence-corrected chi connectivity index (χ1v) is 8.27. The molecule has 2 aliphatic rings. The zero-order valence-electron chi connectivity index (χ0n) is 12.6. The van der Waals surface area contributed by atoms with Crippen molar-refractivity contribution in [2.45, 2.75) is 50.5 Å². The van der Waals surface area contributed by atoms with Crippen LogP contribution in [0.1, 0.15) is 50.0 Å². The fourth-order valence-corrected chi connectivity index (χ4v) is 4.14. The van der Waals surface area contributed by atoms with Crippen molar-refractivity contribution in [2.24, 2.45) is 5.92 Å². The molecule has 0 radical (unpaired) electrons. The van der Waals surface area contributed by atoms with Crippen molar-refractivity contribution < 1.29 is 9.90 Å². The van der Waals surface area contributed by atoms with Gasteiger partial charge >= 0.3 is 5.97 Å². The van der Waals surface area contributed by atoms with E-state index in [1.54, 1.807) is 0 Å². The van der Waals surface area contributed by atoms with Gasteiger partial charge in [-0.05, 0) is 43.2 Å². The standard InChI is InChI=1S/C18H25NO2/c20-18(21)17(15-9-5-2-6-10-15)19-12-11-16(13-19)14-7-3-1-4-8-14/h1,3-4,7-8,15-17H,2,5-6,9-13H2,(H,20,21)/t16?,17-/m1/s1. The van der Waals surface area contributed by atoms with Gasteiger partial charge in [-0.15, -0.1) is 0 Å². The molecule has 0 spiro atoms. The number of aliphatic carboxylic acids is 1. The number of benzene rings is 1. The van der Waals surface area contributed by atoms with E-state index >= 15 is 0 Å². The molecule has 3 nitrogen and oxygen atoms in total. The Morgan fingerprint density at radius 3 is 2.48 bits per heavy atom. The van der Waals surface area contributed by atoms with E-state index in [9.17, 15) is 9.90 Å². The Balaban J connectivity index is 1.69. The van der Waals surface area contributed by atoms with E-state index in [-0.39, 0.29) is 6.04 Å². The van der Waals surface area contributed by atoms with Crippen LogP contribution in [0.15, 0.2) is 30.3 Å². The summed E-state index contributed by atoms with van der Waals surface area (Å²) in [6, 6.07) is 10.3. The van der Waals surface area contributed by atoms with Crippen LogP contribution in [0.5, 0.6) is 0 Å². The van der Waals surface area contributed by atoms with Crippen molar-refractivity contribution in [3.8, 4) is 0 Å². The van der Waals surface area contributed by atoms with Crippen LogP contribution < -0.4 is 0 Å². The van der Waals surface area contributed by atoms with Gasteiger partial charge in [0.1, 0.15) is 6.04 Å². The molecule has 3 heteroatoms. The predicted octanol–water partition coefficient (Wildman–Crippen LogP) is 3.51. The van der Waals surface area contributed by atoms with Gasteiger partial charge in [0.2, 0.25) is 0 Å². The molecule has 2 fully saturated rings. The topological polar surface area (TPSA) is 40.5 Å². The maximum atomic E-state index is 11.8. The molecule has 1 aliphatic carbocycles. The summed E-state index contributed by atoms with van der Waals surface area (Å²) in [5.41, 5.74) is 1.35. The molecule has 1 aliphatic heterocycles. The highest BCUT2D eigenvalue weighted by molar-refractivity contribution is 5.74. The molecule has 21 heavy (non-hydrogen) atoms. The Labute approximate surface area is 127 Å². The second kappa shape index (κ2) is 6.61. The van der Waals surface area contributed by atoms with Crippen molar-refractivity contribution in [3.63, 3.8) is 0 Å². The minimum atomic E-state index is -0.615. The zero-order valence-corrected chi connectivity index (χ0v) is 12.6. The third-order valence-electron chi connectivity index (χ3n) is 5.23. The third kappa shape index (κ3) is 3.29. The number of likely N-dealkylation sites (tertiary alicyclic amines) is 1. The van der Waals surface area contributed by atoms with Crippen molar-refractivity contribution in [3.05, 3.63) is 35.9 Å². The van der Waals surface area contributed by atoms with Crippen LogP contribution in [-0.2, 0) is 4.79 Å². The van der Waals surface area contributed by atoms with Gasteiger partial charge < -0.3 is 5.11 Å². The normalized spacial score (nSPS) is 25.8. The Hall–Kier alpha value is -1.35. The summed E-state index contributed by atoms with van der Waals surface area (Å²) in [6.07, 6.45) is 6.93. The minimum Gasteiger partial charge on any atom is -0.480 e. The average Bonchev–Trinajstić information content (AvgIpc) is 2.98. The quantitative estimate of drug-likeness (QED) is 0.921. The van der Waals surface area contributed by atoms with Crippen molar-refractivity contribution >= 4 is 5.97 Å². The lowest BCUT2D eigenvalue weighted by Crippen LogP contribution is -2.45. The summed E-state index contributed by atoms with van der Waals surface area (Å²) >= 11 is 0. The molecule has 1 saturated carbocycles. The van der Waals surface area contributed by atoms with E-state index < -0.39 is 5.97 Å². The molecular weight excluding hydrogens is 262 g/mol. The Bertz CT molecular complexity index is 467. The lowest BCUT2D eigenvalue weighted by molar-refractivity contribution is -0.145. The highest BCUT2D eigenvalue weighted by atomic mass is 16.4. The maximum absolute atomic E-state index is 11.8. The fourth-order valence-electron chi connectivity index (χ4n) is 4.14. The molecule has 114 valence electrons. The van der Waals surface area contributed by atoms with Crippen molar-refractivity contribution in [1.29, 1.82) is 0 Å². The summed E-state index contributed by atoms with van der Waals surface area (Å²) in [5.74, 6) is 0.234. The first-order chi connectivity index (χ1) is 10.3. The van der Waals surface area contributed by atoms with Gasteiger partial charge in [0, 0.05) is 6.54 Å². The molecule has 2 atom stereocenters. The number of hydrogen-bond donors (Lipinski definition) is 1. The SMILES string of the molecule is O=C(O)[C@@H](C1CCCCC1)N1CCC(c2ccccc2)C1. The Kier molecular flexibility index (Phi) is 4.59. The van der Waals surface area contributed by atoms with Gasteiger partial charge in [-0.25, -0.2) is 0 Å². The van der Waals surface area contributed by atoms with E-state index in [1.165, 1.54) is 24.8 Å². The van der Waals surface area contributed by atoms with Crippen LogP contribution in [0, 0.1) is 5.92 Å². The smallest absolute Gasteiger partial charge is 0.321 e. The van der Waals surface area contributed by atoms with Crippen LogP contribution in [0.3, 0.4) is 0 Å².